The van der Waals surface area contributed by atoms with Crippen molar-refractivity contribution in [2.24, 2.45) is 0 Å². The first-order valence-electron chi connectivity index (χ1n) is 7.32. The molecule has 0 saturated heterocycles. The summed E-state index contributed by atoms with van der Waals surface area (Å²) in [6.45, 7) is 0. The highest BCUT2D eigenvalue weighted by atomic mass is 19.1. The van der Waals surface area contributed by atoms with E-state index in [9.17, 15) is 14.0 Å². The van der Waals surface area contributed by atoms with Gasteiger partial charge in [-0.1, -0.05) is 12.1 Å². The molecular weight excluding hydrogens is 295 g/mol. The quantitative estimate of drug-likeness (QED) is 0.922. The number of hydrogen-bond donors (Lipinski definition) is 1. The number of halogens is 1. The van der Waals surface area contributed by atoms with Crippen molar-refractivity contribution in [3.05, 3.63) is 65.5 Å². The number of nitrogens with one attached hydrogen (secondary N) is 1. The molecule has 0 aliphatic carbocycles. The third-order valence-corrected chi connectivity index (χ3v) is 3.44. The average Bonchev–Trinajstić information content (AvgIpc) is 2.54. The summed E-state index contributed by atoms with van der Waals surface area (Å²) in [6, 6.07) is 12.7. The van der Waals surface area contributed by atoms with Gasteiger partial charge in [-0.15, -0.1) is 0 Å². The highest BCUT2D eigenvalue weighted by Crippen LogP contribution is 2.13. The summed E-state index contributed by atoms with van der Waals surface area (Å²) in [5.74, 6) is -0.586. The maximum absolute atomic E-state index is 12.8. The molecule has 2 aromatic rings. The Labute approximate surface area is 134 Å². The van der Waals surface area contributed by atoms with Crippen LogP contribution in [0, 0.1) is 5.82 Å². The Kier molecular flexibility index (Phi) is 5.46. The SMILES string of the molecule is CN(C)C(=O)CCc1ccc(NC(=O)c2ccc(F)cc2)cc1. The molecular formula is C18H19FN2O2. The van der Waals surface area contributed by atoms with E-state index in [1.807, 2.05) is 12.1 Å². The molecule has 120 valence electrons. The van der Waals surface area contributed by atoms with E-state index in [2.05, 4.69) is 5.32 Å². The fourth-order valence-corrected chi connectivity index (χ4v) is 2.03. The molecule has 0 bridgehead atoms. The van der Waals surface area contributed by atoms with Gasteiger partial charge in [0.1, 0.15) is 5.82 Å². The molecule has 0 aliphatic rings. The maximum atomic E-state index is 12.8. The van der Waals surface area contributed by atoms with E-state index in [0.29, 0.717) is 24.1 Å². The van der Waals surface area contributed by atoms with Crippen LogP contribution in [-0.4, -0.2) is 30.8 Å². The van der Waals surface area contributed by atoms with E-state index in [0.717, 1.165) is 5.56 Å². The van der Waals surface area contributed by atoms with Gasteiger partial charge < -0.3 is 10.2 Å². The fraction of sp³-hybridized carbons (Fsp3) is 0.222. The predicted molar refractivity (Wildman–Crippen MR) is 87.8 cm³/mol. The second-order valence-electron chi connectivity index (χ2n) is 5.45. The van der Waals surface area contributed by atoms with Crippen molar-refractivity contribution in [1.29, 1.82) is 0 Å². The zero-order valence-electron chi connectivity index (χ0n) is 13.2. The van der Waals surface area contributed by atoms with Gasteiger partial charge in [0.25, 0.3) is 5.91 Å². The topological polar surface area (TPSA) is 49.4 Å². The first-order chi connectivity index (χ1) is 11.0. The predicted octanol–water partition coefficient (Wildman–Crippen LogP) is 3.10. The van der Waals surface area contributed by atoms with Gasteiger partial charge in [-0.05, 0) is 48.4 Å². The van der Waals surface area contributed by atoms with Crippen LogP contribution in [0.4, 0.5) is 10.1 Å². The molecule has 0 spiro atoms. The number of hydrogen-bond acceptors (Lipinski definition) is 2. The van der Waals surface area contributed by atoms with E-state index >= 15 is 0 Å². The van der Waals surface area contributed by atoms with Crippen molar-refractivity contribution in [3.63, 3.8) is 0 Å². The van der Waals surface area contributed by atoms with Crippen molar-refractivity contribution >= 4 is 17.5 Å². The third kappa shape index (κ3) is 4.92. The molecule has 0 aliphatic heterocycles. The van der Waals surface area contributed by atoms with Crippen LogP contribution in [0.15, 0.2) is 48.5 Å². The van der Waals surface area contributed by atoms with Crippen molar-refractivity contribution in [2.45, 2.75) is 12.8 Å². The number of benzene rings is 2. The van der Waals surface area contributed by atoms with E-state index in [-0.39, 0.29) is 17.6 Å². The summed E-state index contributed by atoms with van der Waals surface area (Å²) in [5.41, 5.74) is 2.08. The Bertz CT molecular complexity index is 679. The molecule has 4 nitrogen and oxygen atoms in total. The van der Waals surface area contributed by atoms with Gasteiger partial charge in [0.15, 0.2) is 0 Å². The minimum atomic E-state index is -0.377. The number of carbonyl (C=O) groups is 2. The molecule has 0 aromatic heterocycles. The molecule has 0 atom stereocenters. The van der Waals surface area contributed by atoms with Gasteiger partial charge in [-0.3, -0.25) is 9.59 Å². The Balaban J connectivity index is 1.93. The van der Waals surface area contributed by atoms with Crippen LogP contribution in [0.3, 0.4) is 0 Å². The first-order valence-corrected chi connectivity index (χ1v) is 7.32. The highest BCUT2D eigenvalue weighted by Gasteiger charge is 2.07. The third-order valence-electron chi connectivity index (χ3n) is 3.44. The smallest absolute Gasteiger partial charge is 0.255 e. The Hall–Kier alpha value is -2.69. The van der Waals surface area contributed by atoms with Crippen LogP contribution in [0.1, 0.15) is 22.3 Å². The molecule has 23 heavy (non-hydrogen) atoms. The number of amides is 2. The highest BCUT2D eigenvalue weighted by molar-refractivity contribution is 6.04. The van der Waals surface area contributed by atoms with Crippen LogP contribution in [-0.2, 0) is 11.2 Å². The van der Waals surface area contributed by atoms with Crippen molar-refractivity contribution in [3.8, 4) is 0 Å². The second-order valence-corrected chi connectivity index (χ2v) is 5.45. The molecule has 0 saturated carbocycles. The monoisotopic (exact) mass is 314 g/mol. The zero-order valence-corrected chi connectivity index (χ0v) is 13.2. The van der Waals surface area contributed by atoms with Crippen LogP contribution in [0.2, 0.25) is 0 Å². The van der Waals surface area contributed by atoms with E-state index < -0.39 is 0 Å². The minimum Gasteiger partial charge on any atom is -0.349 e. The van der Waals surface area contributed by atoms with Crippen LogP contribution in [0.5, 0.6) is 0 Å². The Morgan fingerprint density at radius 3 is 2.17 bits per heavy atom. The number of anilines is 1. The summed E-state index contributed by atoms with van der Waals surface area (Å²) >= 11 is 0. The van der Waals surface area contributed by atoms with Gasteiger partial charge in [0.05, 0.1) is 0 Å². The van der Waals surface area contributed by atoms with Gasteiger partial charge in [-0.25, -0.2) is 4.39 Å². The standard InChI is InChI=1S/C18H19FN2O2/c1-21(2)17(22)12-5-13-3-10-16(11-4-13)20-18(23)14-6-8-15(19)9-7-14/h3-4,6-11H,5,12H2,1-2H3,(H,20,23). The van der Waals surface area contributed by atoms with Crippen molar-refractivity contribution in [1.82, 2.24) is 4.90 Å². The lowest BCUT2D eigenvalue weighted by atomic mass is 10.1. The lowest BCUT2D eigenvalue weighted by Crippen LogP contribution is -2.21. The molecule has 0 heterocycles. The molecule has 1 N–H and O–H groups in total. The Morgan fingerprint density at radius 1 is 1.00 bits per heavy atom. The zero-order chi connectivity index (χ0) is 16.8. The maximum Gasteiger partial charge on any atom is 0.255 e. The number of rotatable bonds is 5. The normalized spacial score (nSPS) is 10.2. The summed E-state index contributed by atoms with van der Waals surface area (Å²) < 4.78 is 12.8. The van der Waals surface area contributed by atoms with Crippen LogP contribution >= 0.6 is 0 Å². The van der Waals surface area contributed by atoms with Gasteiger partial charge >= 0.3 is 0 Å². The molecule has 5 heteroatoms. The Morgan fingerprint density at radius 2 is 1.61 bits per heavy atom. The lowest BCUT2D eigenvalue weighted by Gasteiger charge is -2.10. The van der Waals surface area contributed by atoms with Gasteiger partial charge in [0.2, 0.25) is 5.91 Å². The molecule has 2 amide bonds. The fourth-order valence-electron chi connectivity index (χ4n) is 2.03. The van der Waals surface area contributed by atoms with Gasteiger partial charge in [0, 0.05) is 31.8 Å². The van der Waals surface area contributed by atoms with E-state index in [4.69, 9.17) is 0 Å². The van der Waals surface area contributed by atoms with Crippen molar-refractivity contribution < 1.29 is 14.0 Å². The van der Waals surface area contributed by atoms with E-state index in [1.54, 1.807) is 31.1 Å². The molecule has 2 rings (SSSR count). The summed E-state index contributed by atoms with van der Waals surface area (Å²) in [6.07, 6.45) is 1.11. The van der Waals surface area contributed by atoms with Crippen LogP contribution < -0.4 is 5.32 Å². The number of aryl methyl sites for hydroxylation is 1. The molecule has 0 fully saturated rings. The summed E-state index contributed by atoms with van der Waals surface area (Å²) in [4.78, 5) is 25.1. The van der Waals surface area contributed by atoms with Gasteiger partial charge in [-0.2, -0.15) is 0 Å². The largest absolute Gasteiger partial charge is 0.349 e. The molecule has 0 radical (unpaired) electrons. The molecule has 0 unspecified atom stereocenters. The second kappa shape index (κ2) is 7.54. The van der Waals surface area contributed by atoms with E-state index in [1.165, 1.54) is 24.3 Å². The average molecular weight is 314 g/mol. The minimum absolute atomic E-state index is 0.0821. The van der Waals surface area contributed by atoms with Crippen molar-refractivity contribution in [2.75, 3.05) is 19.4 Å². The number of nitrogens with zero attached hydrogens (tertiary/aromatic N) is 1. The number of carbonyl (C=O) groups excluding carboxylic acids is 2. The summed E-state index contributed by atoms with van der Waals surface area (Å²) in [7, 11) is 3.47. The summed E-state index contributed by atoms with van der Waals surface area (Å²) in [5, 5.41) is 2.75. The first kappa shape index (κ1) is 16.7. The van der Waals surface area contributed by atoms with Crippen LogP contribution in [0.25, 0.3) is 0 Å². The molecule has 2 aromatic carbocycles. The lowest BCUT2D eigenvalue weighted by molar-refractivity contribution is -0.128.